The van der Waals surface area contributed by atoms with Gasteiger partial charge in [0.25, 0.3) is 0 Å². The molecule has 0 aliphatic carbocycles. The number of carbonyl (C=O) groups is 2. The molecule has 110 valence electrons. The first-order valence-corrected chi connectivity index (χ1v) is 7.17. The van der Waals surface area contributed by atoms with Gasteiger partial charge in [-0.25, -0.2) is 9.78 Å². The molecule has 0 unspecified atom stereocenters. The number of anilines is 2. The monoisotopic (exact) mass is 325 g/mol. The standard InChI is InChI=1S/C13H12ClN3O3S/c1-20-11(18)6-10-7-21-13(16-10)17-12(19)15-9-4-2-3-8(14)5-9/h2-5,7H,6H2,1H3,(H2,15,16,17,19). The lowest BCUT2D eigenvalue weighted by molar-refractivity contribution is -0.139. The van der Waals surface area contributed by atoms with Gasteiger partial charge in [-0.15, -0.1) is 11.3 Å². The van der Waals surface area contributed by atoms with Gasteiger partial charge in [0.1, 0.15) is 0 Å². The minimum absolute atomic E-state index is 0.0740. The van der Waals surface area contributed by atoms with E-state index >= 15 is 0 Å². The van der Waals surface area contributed by atoms with Crippen molar-refractivity contribution in [2.24, 2.45) is 0 Å². The number of hydrogen-bond donors (Lipinski definition) is 2. The van der Waals surface area contributed by atoms with E-state index in [0.29, 0.717) is 21.5 Å². The second-order valence-corrected chi connectivity index (χ2v) is 5.28. The topological polar surface area (TPSA) is 80.3 Å². The Bertz CT molecular complexity index is 660. The molecule has 6 nitrogen and oxygen atoms in total. The number of nitrogens with zero attached hydrogens (tertiary/aromatic N) is 1. The molecule has 2 N–H and O–H groups in total. The first kappa shape index (κ1) is 15.3. The van der Waals surface area contributed by atoms with E-state index in [1.807, 2.05) is 0 Å². The van der Waals surface area contributed by atoms with E-state index in [1.165, 1.54) is 18.4 Å². The van der Waals surface area contributed by atoms with Crippen LogP contribution < -0.4 is 10.6 Å². The highest BCUT2D eigenvalue weighted by Gasteiger charge is 2.10. The molecule has 8 heteroatoms. The molecule has 0 saturated heterocycles. The van der Waals surface area contributed by atoms with Crippen molar-refractivity contribution >= 4 is 45.8 Å². The molecule has 0 fully saturated rings. The number of aromatic nitrogens is 1. The maximum Gasteiger partial charge on any atom is 0.325 e. The highest BCUT2D eigenvalue weighted by Crippen LogP contribution is 2.18. The molecule has 1 aromatic carbocycles. The lowest BCUT2D eigenvalue weighted by atomic mass is 10.3. The minimum Gasteiger partial charge on any atom is -0.469 e. The van der Waals surface area contributed by atoms with E-state index in [2.05, 4.69) is 20.4 Å². The SMILES string of the molecule is COC(=O)Cc1csc(NC(=O)Nc2cccc(Cl)c2)n1. The molecule has 0 saturated carbocycles. The summed E-state index contributed by atoms with van der Waals surface area (Å²) < 4.78 is 4.55. The normalized spacial score (nSPS) is 10.0. The molecule has 2 amide bonds. The van der Waals surface area contributed by atoms with Gasteiger partial charge >= 0.3 is 12.0 Å². The molecule has 0 bridgehead atoms. The van der Waals surface area contributed by atoms with Crippen LogP contribution in [0, 0.1) is 0 Å². The Kier molecular flexibility index (Phi) is 5.13. The number of thiazole rings is 1. The lowest BCUT2D eigenvalue weighted by Crippen LogP contribution is -2.19. The zero-order chi connectivity index (χ0) is 15.2. The molecular formula is C13H12ClN3O3S. The van der Waals surface area contributed by atoms with Gasteiger partial charge in [0.2, 0.25) is 0 Å². The van der Waals surface area contributed by atoms with E-state index in [-0.39, 0.29) is 12.4 Å². The molecule has 1 heterocycles. The summed E-state index contributed by atoms with van der Waals surface area (Å²) in [6.45, 7) is 0. The zero-order valence-electron chi connectivity index (χ0n) is 11.1. The molecular weight excluding hydrogens is 314 g/mol. The van der Waals surface area contributed by atoms with Crippen molar-refractivity contribution in [1.82, 2.24) is 4.98 Å². The van der Waals surface area contributed by atoms with Crippen molar-refractivity contribution in [1.29, 1.82) is 0 Å². The minimum atomic E-state index is -0.434. The average Bonchev–Trinajstić information content (AvgIpc) is 2.85. The van der Waals surface area contributed by atoms with Gasteiger partial charge in [0, 0.05) is 16.1 Å². The molecule has 2 rings (SSSR count). The van der Waals surface area contributed by atoms with E-state index in [0.717, 1.165) is 0 Å². The third-order valence-corrected chi connectivity index (χ3v) is 3.45. The summed E-state index contributed by atoms with van der Waals surface area (Å²) >= 11 is 7.06. The van der Waals surface area contributed by atoms with Crippen molar-refractivity contribution in [2.45, 2.75) is 6.42 Å². The van der Waals surface area contributed by atoms with Crippen molar-refractivity contribution in [3.63, 3.8) is 0 Å². The van der Waals surface area contributed by atoms with E-state index in [4.69, 9.17) is 11.6 Å². The number of ether oxygens (including phenoxy) is 1. The van der Waals surface area contributed by atoms with Gasteiger partial charge < -0.3 is 10.1 Å². The van der Waals surface area contributed by atoms with Crippen molar-refractivity contribution in [3.05, 3.63) is 40.4 Å². The van der Waals surface area contributed by atoms with E-state index < -0.39 is 6.03 Å². The van der Waals surface area contributed by atoms with Gasteiger partial charge in [-0.3, -0.25) is 10.1 Å². The van der Waals surface area contributed by atoms with Crippen LogP contribution in [0.15, 0.2) is 29.6 Å². The second-order valence-electron chi connectivity index (χ2n) is 3.99. The van der Waals surface area contributed by atoms with Crippen LogP contribution in [-0.4, -0.2) is 24.1 Å². The largest absolute Gasteiger partial charge is 0.469 e. The summed E-state index contributed by atoms with van der Waals surface area (Å²) in [5.74, 6) is -0.379. The molecule has 0 aliphatic rings. The molecule has 0 spiro atoms. The Morgan fingerprint density at radius 3 is 2.90 bits per heavy atom. The number of urea groups is 1. The third-order valence-electron chi connectivity index (χ3n) is 2.41. The first-order valence-electron chi connectivity index (χ1n) is 5.91. The van der Waals surface area contributed by atoms with Crippen LogP contribution in [0.2, 0.25) is 5.02 Å². The summed E-state index contributed by atoms with van der Waals surface area (Å²) in [6, 6.07) is 6.36. The molecule has 21 heavy (non-hydrogen) atoms. The smallest absolute Gasteiger partial charge is 0.325 e. The number of hydrogen-bond acceptors (Lipinski definition) is 5. The van der Waals surface area contributed by atoms with Gasteiger partial charge in [-0.05, 0) is 18.2 Å². The predicted octanol–water partition coefficient (Wildman–Crippen LogP) is 3.16. The summed E-state index contributed by atoms with van der Waals surface area (Å²) in [5.41, 5.74) is 1.12. The number of carbonyl (C=O) groups excluding carboxylic acids is 2. The maximum atomic E-state index is 11.8. The Morgan fingerprint density at radius 1 is 1.38 bits per heavy atom. The fraction of sp³-hybridized carbons (Fsp3) is 0.154. The second kappa shape index (κ2) is 7.05. The van der Waals surface area contributed by atoms with Gasteiger partial charge in [-0.2, -0.15) is 0 Å². The highest BCUT2D eigenvalue weighted by molar-refractivity contribution is 7.13. The van der Waals surface area contributed by atoms with Crippen LogP contribution >= 0.6 is 22.9 Å². The van der Waals surface area contributed by atoms with E-state index in [1.54, 1.807) is 29.6 Å². The predicted molar refractivity (Wildman–Crippen MR) is 81.9 cm³/mol. The lowest BCUT2D eigenvalue weighted by Gasteiger charge is -2.05. The fourth-order valence-corrected chi connectivity index (χ4v) is 2.39. The third kappa shape index (κ3) is 4.73. The quantitative estimate of drug-likeness (QED) is 0.846. The molecule has 0 radical (unpaired) electrons. The van der Waals surface area contributed by atoms with Gasteiger partial charge in [0.05, 0.1) is 19.2 Å². The van der Waals surface area contributed by atoms with Gasteiger partial charge in [0.15, 0.2) is 5.13 Å². The van der Waals surface area contributed by atoms with Crippen LogP contribution in [0.5, 0.6) is 0 Å². The molecule has 0 atom stereocenters. The molecule has 2 aromatic rings. The highest BCUT2D eigenvalue weighted by atomic mass is 35.5. The molecule has 0 aliphatic heterocycles. The number of halogens is 1. The first-order chi connectivity index (χ1) is 10.1. The number of rotatable bonds is 4. The van der Waals surface area contributed by atoms with Crippen LogP contribution in [0.4, 0.5) is 15.6 Å². The number of esters is 1. The van der Waals surface area contributed by atoms with E-state index in [9.17, 15) is 9.59 Å². The van der Waals surface area contributed by atoms with Crippen LogP contribution in [0.3, 0.4) is 0 Å². The fourth-order valence-electron chi connectivity index (χ4n) is 1.49. The summed E-state index contributed by atoms with van der Waals surface area (Å²) in [7, 11) is 1.31. The number of methoxy groups -OCH3 is 1. The Hall–Kier alpha value is -2.12. The number of nitrogens with one attached hydrogen (secondary N) is 2. The summed E-state index contributed by atoms with van der Waals surface area (Å²) in [4.78, 5) is 27.0. The van der Waals surface area contributed by atoms with Crippen molar-refractivity contribution in [2.75, 3.05) is 17.7 Å². The van der Waals surface area contributed by atoms with Gasteiger partial charge in [-0.1, -0.05) is 17.7 Å². The Labute approximate surface area is 130 Å². The Balaban J connectivity index is 1.92. The van der Waals surface area contributed by atoms with Crippen molar-refractivity contribution < 1.29 is 14.3 Å². The van der Waals surface area contributed by atoms with Crippen LogP contribution in [-0.2, 0) is 16.0 Å². The number of amides is 2. The summed E-state index contributed by atoms with van der Waals surface area (Å²) in [6.07, 6.45) is 0.0740. The van der Waals surface area contributed by atoms with Crippen LogP contribution in [0.25, 0.3) is 0 Å². The van der Waals surface area contributed by atoms with Crippen LogP contribution in [0.1, 0.15) is 5.69 Å². The number of benzene rings is 1. The Morgan fingerprint density at radius 2 is 2.19 bits per heavy atom. The maximum absolute atomic E-state index is 11.8. The molecule has 1 aromatic heterocycles. The summed E-state index contributed by atoms with van der Waals surface area (Å²) in [5, 5.41) is 7.83. The average molecular weight is 326 g/mol. The zero-order valence-corrected chi connectivity index (χ0v) is 12.6. The van der Waals surface area contributed by atoms with Crippen molar-refractivity contribution in [3.8, 4) is 0 Å².